The number of hydrogen-bond acceptors (Lipinski definition) is 5. The van der Waals surface area contributed by atoms with Gasteiger partial charge in [0.2, 0.25) is 5.88 Å². The SMILES string of the molecule is CC(=O)Oc1c(Cc2ccc(C)o2)nc2c(Cc3cccc(F)c3C)nc(-c3ccccc3)cn12. The summed E-state index contributed by atoms with van der Waals surface area (Å²) in [6.07, 6.45) is 2.52. The van der Waals surface area contributed by atoms with Gasteiger partial charge < -0.3 is 9.15 Å². The highest BCUT2D eigenvalue weighted by atomic mass is 19.1. The number of carbonyl (C=O) groups is 1. The zero-order chi connectivity index (χ0) is 24.5. The molecule has 6 nitrogen and oxygen atoms in total. The molecule has 2 aromatic carbocycles. The minimum Gasteiger partial charge on any atom is -0.466 e. The number of furan rings is 1. The molecule has 0 N–H and O–H groups in total. The van der Waals surface area contributed by atoms with Crippen LogP contribution in [0, 0.1) is 19.7 Å². The van der Waals surface area contributed by atoms with E-state index in [0.29, 0.717) is 52.8 Å². The number of fused-ring (bicyclic) bond motifs is 1. The summed E-state index contributed by atoms with van der Waals surface area (Å²) in [5.74, 6) is 1.09. The van der Waals surface area contributed by atoms with Crippen LogP contribution < -0.4 is 4.74 Å². The molecule has 0 amide bonds. The minimum atomic E-state index is -0.454. The standard InChI is InChI=1S/C28H24FN3O3/c1-17-12-13-22(34-17)15-25-28(35-19(3)33)32-16-26(20-8-5-4-6-9-20)30-24(27(32)31-25)14-21-10-7-11-23(29)18(21)2/h4-13,16H,14-15H2,1-3H3. The molecule has 0 saturated carbocycles. The molecular weight excluding hydrogens is 445 g/mol. The van der Waals surface area contributed by atoms with Crippen LogP contribution in [0.5, 0.6) is 5.88 Å². The summed E-state index contributed by atoms with van der Waals surface area (Å²) in [4.78, 5) is 21.8. The normalized spacial score (nSPS) is 11.2. The lowest BCUT2D eigenvalue weighted by molar-refractivity contribution is -0.132. The molecule has 176 valence electrons. The van der Waals surface area contributed by atoms with Gasteiger partial charge in [-0.3, -0.25) is 9.20 Å². The number of carbonyl (C=O) groups excluding carboxylic acids is 1. The van der Waals surface area contributed by atoms with E-state index in [1.54, 1.807) is 17.4 Å². The van der Waals surface area contributed by atoms with Crippen molar-refractivity contribution in [1.82, 2.24) is 14.4 Å². The number of halogens is 1. The van der Waals surface area contributed by atoms with E-state index in [1.807, 2.05) is 61.7 Å². The lowest BCUT2D eigenvalue weighted by Gasteiger charge is -2.11. The summed E-state index contributed by atoms with van der Waals surface area (Å²) < 4.78 is 27.4. The molecule has 0 atom stereocenters. The Morgan fingerprint density at radius 1 is 0.971 bits per heavy atom. The molecule has 0 saturated heterocycles. The highest BCUT2D eigenvalue weighted by Crippen LogP contribution is 2.30. The Morgan fingerprint density at radius 3 is 2.49 bits per heavy atom. The largest absolute Gasteiger partial charge is 0.466 e. The predicted molar refractivity (Wildman–Crippen MR) is 130 cm³/mol. The third-order valence-electron chi connectivity index (χ3n) is 5.89. The molecule has 0 aliphatic carbocycles. The zero-order valence-corrected chi connectivity index (χ0v) is 19.7. The Bertz CT molecular complexity index is 1540. The molecule has 35 heavy (non-hydrogen) atoms. The molecule has 0 radical (unpaired) electrons. The van der Waals surface area contributed by atoms with Crippen LogP contribution in [0.25, 0.3) is 16.9 Å². The second-order valence-corrected chi connectivity index (χ2v) is 8.48. The highest BCUT2D eigenvalue weighted by molar-refractivity contribution is 5.71. The van der Waals surface area contributed by atoms with Crippen molar-refractivity contribution in [2.75, 3.05) is 0 Å². The summed E-state index contributed by atoms with van der Waals surface area (Å²) in [7, 11) is 0. The number of hydrogen-bond donors (Lipinski definition) is 0. The summed E-state index contributed by atoms with van der Waals surface area (Å²) in [6.45, 7) is 4.98. The maximum absolute atomic E-state index is 14.3. The fourth-order valence-electron chi connectivity index (χ4n) is 4.13. The summed E-state index contributed by atoms with van der Waals surface area (Å²) in [5, 5.41) is 0. The first-order valence-electron chi connectivity index (χ1n) is 11.3. The van der Waals surface area contributed by atoms with Gasteiger partial charge in [-0.1, -0.05) is 42.5 Å². The molecule has 5 rings (SSSR count). The fourth-order valence-corrected chi connectivity index (χ4v) is 4.13. The number of benzene rings is 2. The number of nitrogens with zero attached hydrogens (tertiary/aromatic N) is 3. The molecule has 0 bridgehead atoms. The summed E-state index contributed by atoms with van der Waals surface area (Å²) in [6, 6.07) is 18.5. The van der Waals surface area contributed by atoms with Crippen LogP contribution in [0.4, 0.5) is 4.39 Å². The van der Waals surface area contributed by atoms with Crippen LogP contribution in [0.1, 0.15) is 41.0 Å². The number of imidazole rings is 1. The molecule has 5 aromatic rings. The first kappa shape index (κ1) is 22.5. The van der Waals surface area contributed by atoms with Crippen molar-refractivity contribution in [3.63, 3.8) is 0 Å². The van der Waals surface area contributed by atoms with Crippen molar-refractivity contribution >= 4 is 11.6 Å². The van der Waals surface area contributed by atoms with Crippen molar-refractivity contribution < 1.29 is 18.3 Å². The predicted octanol–water partition coefficient (Wildman–Crippen LogP) is 5.85. The van der Waals surface area contributed by atoms with Crippen LogP contribution in [0.2, 0.25) is 0 Å². The van der Waals surface area contributed by atoms with Gasteiger partial charge in [-0.15, -0.1) is 0 Å². The Hall–Kier alpha value is -4.26. The van der Waals surface area contributed by atoms with E-state index in [2.05, 4.69) is 0 Å². The molecule has 0 unspecified atom stereocenters. The second-order valence-electron chi connectivity index (χ2n) is 8.48. The van der Waals surface area contributed by atoms with E-state index < -0.39 is 5.97 Å². The van der Waals surface area contributed by atoms with Gasteiger partial charge in [-0.05, 0) is 43.2 Å². The number of rotatable bonds is 6. The first-order chi connectivity index (χ1) is 16.9. The number of aryl methyl sites for hydroxylation is 1. The molecule has 3 heterocycles. The molecule has 0 fully saturated rings. The molecule has 0 spiro atoms. The van der Waals surface area contributed by atoms with E-state index in [0.717, 1.165) is 16.9 Å². The van der Waals surface area contributed by atoms with Crippen molar-refractivity contribution in [3.8, 4) is 17.1 Å². The smallest absolute Gasteiger partial charge is 0.309 e. The van der Waals surface area contributed by atoms with Crippen LogP contribution in [-0.2, 0) is 17.6 Å². The number of esters is 1. The van der Waals surface area contributed by atoms with Crippen LogP contribution in [0.15, 0.2) is 71.3 Å². The van der Waals surface area contributed by atoms with Gasteiger partial charge in [0.1, 0.15) is 23.0 Å². The first-order valence-corrected chi connectivity index (χ1v) is 11.3. The Balaban J connectivity index is 1.73. The Morgan fingerprint density at radius 2 is 1.77 bits per heavy atom. The van der Waals surface area contributed by atoms with E-state index >= 15 is 0 Å². The second kappa shape index (κ2) is 9.18. The summed E-state index contributed by atoms with van der Waals surface area (Å²) >= 11 is 0. The number of aromatic nitrogens is 3. The van der Waals surface area contributed by atoms with Crippen LogP contribution in [0.3, 0.4) is 0 Å². The Kier molecular flexibility index (Phi) is 5.91. The van der Waals surface area contributed by atoms with Gasteiger partial charge in [0.05, 0.1) is 17.8 Å². The van der Waals surface area contributed by atoms with Crippen LogP contribution in [-0.4, -0.2) is 20.3 Å². The minimum absolute atomic E-state index is 0.268. The van der Waals surface area contributed by atoms with Gasteiger partial charge in [-0.25, -0.2) is 14.4 Å². The lowest BCUT2D eigenvalue weighted by Crippen LogP contribution is -2.07. The molecular formula is C28H24FN3O3. The topological polar surface area (TPSA) is 69.6 Å². The fraction of sp³-hybridized carbons (Fsp3) is 0.179. The monoisotopic (exact) mass is 469 g/mol. The molecule has 3 aromatic heterocycles. The van der Waals surface area contributed by atoms with E-state index in [-0.39, 0.29) is 5.82 Å². The maximum Gasteiger partial charge on any atom is 0.309 e. The third kappa shape index (κ3) is 4.57. The van der Waals surface area contributed by atoms with Crippen molar-refractivity contribution in [2.45, 2.75) is 33.6 Å². The molecule has 7 heteroatoms. The quantitative estimate of drug-likeness (QED) is 0.292. The van der Waals surface area contributed by atoms with Gasteiger partial charge >= 0.3 is 5.97 Å². The van der Waals surface area contributed by atoms with Gasteiger partial charge in [0.15, 0.2) is 5.65 Å². The molecule has 0 aliphatic rings. The van der Waals surface area contributed by atoms with E-state index in [4.69, 9.17) is 19.1 Å². The highest BCUT2D eigenvalue weighted by Gasteiger charge is 2.22. The lowest BCUT2D eigenvalue weighted by atomic mass is 10.0. The molecule has 0 aliphatic heterocycles. The average Bonchev–Trinajstić information content (AvgIpc) is 3.40. The maximum atomic E-state index is 14.3. The van der Waals surface area contributed by atoms with E-state index in [1.165, 1.54) is 13.0 Å². The van der Waals surface area contributed by atoms with E-state index in [9.17, 15) is 9.18 Å². The third-order valence-corrected chi connectivity index (χ3v) is 5.89. The van der Waals surface area contributed by atoms with Gasteiger partial charge in [0.25, 0.3) is 0 Å². The Labute approximate surface area is 202 Å². The zero-order valence-electron chi connectivity index (χ0n) is 19.7. The number of ether oxygens (including phenoxy) is 1. The van der Waals surface area contributed by atoms with Gasteiger partial charge in [0, 0.05) is 25.1 Å². The van der Waals surface area contributed by atoms with Crippen molar-refractivity contribution in [1.29, 1.82) is 0 Å². The van der Waals surface area contributed by atoms with Crippen molar-refractivity contribution in [2.24, 2.45) is 0 Å². The van der Waals surface area contributed by atoms with Crippen LogP contribution >= 0.6 is 0 Å². The van der Waals surface area contributed by atoms with Gasteiger partial charge in [-0.2, -0.15) is 0 Å². The average molecular weight is 470 g/mol. The van der Waals surface area contributed by atoms with Crippen molar-refractivity contribution in [3.05, 3.63) is 107 Å². The summed E-state index contributed by atoms with van der Waals surface area (Å²) in [5.41, 5.74) is 4.71.